The van der Waals surface area contributed by atoms with Crippen LogP contribution in [0.4, 0.5) is 10.7 Å². The quantitative estimate of drug-likeness (QED) is 0.275. The van der Waals surface area contributed by atoms with Crippen molar-refractivity contribution in [3.05, 3.63) is 45.8 Å². The van der Waals surface area contributed by atoms with Crippen LogP contribution in [0.25, 0.3) is 17.2 Å². The summed E-state index contributed by atoms with van der Waals surface area (Å²) in [5.41, 5.74) is 8.66. The molecule has 3 unspecified atom stereocenters. The Hall–Kier alpha value is -3.68. The number of hydrogen-bond donors (Lipinski definition) is 6. The molecule has 0 radical (unpaired) electrons. The summed E-state index contributed by atoms with van der Waals surface area (Å²) in [6.07, 6.45) is 3.62. The topological polar surface area (TPSA) is 193 Å². The summed E-state index contributed by atoms with van der Waals surface area (Å²) in [5.74, 6) is 0.373. The average molecular weight is 486 g/mol. The van der Waals surface area contributed by atoms with Crippen molar-refractivity contribution in [2.24, 2.45) is 5.92 Å². The number of ether oxygens (including phenoxy) is 2. The maximum atomic E-state index is 12.2. The molecule has 1 aliphatic heterocycles. The van der Waals surface area contributed by atoms with Gasteiger partial charge in [0.2, 0.25) is 5.95 Å². The Kier molecular flexibility index (Phi) is 6.05. The smallest absolute Gasteiger partial charge is 0.407 e. The number of aliphatic hydroxyl groups excluding tert-OH is 2. The SMILES string of the molecule is CC1C=Cc2c(CCNC(=O)OC[C@H]3O[C@@H](n4cnc5c(=O)[nH]c(N)nc54)C(O)C3O)c[nH]c2C1. The highest BCUT2D eigenvalue weighted by Gasteiger charge is 2.45. The Morgan fingerprint density at radius 1 is 1.40 bits per heavy atom. The molecule has 1 saturated heterocycles. The van der Waals surface area contributed by atoms with E-state index in [4.69, 9.17) is 15.2 Å². The molecule has 0 spiro atoms. The summed E-state index contributed by atoms with van der Waals surface area (Å²) < 4.78 is 12.2. The number of amides is 1. The van der Waals surface area contributed by atoms with Crippen molar-refractivity contribution in [2.75, 3.05) is 18.9 Å². The highest BCUT2D eigenvalue weighted by Crippen LogP contribution is 2.31. The molecule has 3 aromatic heterocycles. The number of carbonyl (C=O) groups is 1. The number of H-pyrrole nitrogens is 2. The molecule has 0 saturated carbocycles. The number of imidazole rings is 1. The van der Waals surface area contributed by atoms with Gasteiger partial charge in [0.15, 0.2) is 17.4 Å². The Labute approximate surface area is 199 Å². The zero-order chi connectivity index (χ0) is 24.7. The lowest BCUT2D eigenvalue weighted by atomic mass is 9.94. The van der Waals surface area contributed by atoms with Gasteiger partial charge in [-0.2, -0.15) is 4.98 Å². The van der Waals surface area contributed by atoms with E-state index in [-0.39, 0.29) is 23.7 Å². The second-order valence-electron chi connectivity index (χ2n) is 8.84. The minimum Gasteiger partial charge on any atom is -0.447 e. The predicted octanol–water partition coefficient (Wildman–Crippen LogP) is -0.177. The molecule has 1 amide bonds. The fraction of sp³-hybridized carbons (Fsp3) is 0.455. The minimum absolute atomic E-state index is 0.0114. The van der Waals surface area contributed by atoms with Crippen molar-refractivity contribution >= 4 is 29.3 Å². The van der Waals surface area contributed by atoms with E-state index in [1.54, 1.807) is 0 Å². The summed E-state index contributed by atoms with van der Waals surface area (Å²) in [7, 11) is 0. The molecule has 35 heavy (non-hydrogen) atoms. The molecule has 3 aromatic rings. The van der Waals surface area contributed by atoms with E-state index >= 15 is 0 Å². The van der Waals surface area contributed by atoms with Gasteiger partial charge in [-0.1, -0.05) is 19.1 Å². The highest BCUT2D eigenvalue weighted by molar-refractivity contribution is 5.70. The molecule has 4 heterocycles. The number of nitrogens with two attached hydrogens (primary N) is 1. The number of carbonyl (C=O) groups excluding carboxylic acids is 1. The van der Waals surface area contributed by atoms with Gasteiger partial charge < -0.3 is 35.7 Å². The average Bonchev–Trinajstić information content (AvgIpc) is 3.49. The molecule has 0 aromatic carbocycles. The molecular weight excluding hydrogens is 458 g/mol. The molecule has 186 valence electrons. The van der Waals surface area contributed by atoms with Crippen LogP contribution in [0, 0.1) is 5.92 Å². The van der Waals surface area contributed by atoms with Gasteiger partial charge in [-0.25, -0.2) is 9.78 Å². The number of nitrogen functional groups attached to an aromatic ring is 1. The molecular formula is C22H27N7O6. The lowest BCUT2D eigenvalue weighted by molar-refractivity contribution is -0.0533. The van der Waals surface area contributed by atoms with E-state index in [9.17, 15) is 19.8 Å². The van der Waals surface area contributed by atoms with Crippen LogP contribution in [-0.4, -0.2) is 72.3 Å². The number of nitrogens with zero attached hydrogens (tertiary/aromatic N) is 3. The highest BCUT2D eigenvalue weighted by atomic mass is 16.6. The summed E-state index contributed by atoms with van der Waals surface area (Å²) >= 11 is 0. The van der Waals surface area contributed by atoms with Crippen LogP contribution in [0.1, 0.15) is 30.0 Å². The summed E-state index contributed by atoms with van der Waals surface area (Å²) in [6.45, 7) is 2.24. The van der Waals surface area contributed by atoms with Gasteiger partial charge in [0, 0.05) is 18.4 Å². The van der Waals surface area contributed by atoms with E-state index in [0.29, 0.717) is 18.9 Å². The van der Waals surface area contributed by atoms with Gasteiger partial charge >= 0.3 is 6.09 Å². The van der Waals surface area contributed by atoms with Crippen LogP contribution >= 0.6 is 0 Å². The van der Waals surface area contributed by atoms with Crippen molar-refractivity contribution in [3.8, 4) is 0 Å². The molecule has 13 nitrogen and oxygen atoms in total. The standard InChI is InChI=1S/C22H27N7O6/c1-10-2-3-12-11(7-25-13(12)6-10)4-5-24-22(33)34-8-14-16(30)17(31)20(35-14)29-9-26-15-18(29)27-21(23)28-19(15)32/h2-3,7,9-10,14,16-17,20,25,30-31H,4-6,8H2,1H3,(H,24,33)(H3,23,27,28,32)/t10?,14-,16?,17?,20-/m1/s1. The number of aromatic nitrogens is 5. The lowest BCUT2D eigenvalue weighted by Gasteiger charge is -2.16. The first-order chi connectivity index (χ1) is 16.8. The van der Waals surface area contributed by atoms with Crippen LogP contribution in [-0.2, 0) is 22.3 Å². The Morgan fingerprint density at radius 3 is 3.06 bits per heavy atom. The summed E-state index contributed by atoms with van der Waals surface area (Å²) in [5, 5.41) is 23.6. The molecule has 0 bridgehead atoms. The Bertz CT molecular complexity index is 1330. The van der Waals surface area contributed by atoms with Crippen LogP contribution in [0.15, 0.2) is 23.4 Å². The third-order valence-electron chi connectivity index (χ3n) is 6.31. The van der Waals surface area contributed by atoms with Crippen molar-refractivity contribution < 1.29 is 24.5 Å². The monoisotopic (exact) mass is 485 g/mol. The van der Waals surface area contributed by atoms with E-state index in [1.807, 2.05) is 6.20 Å². The van der Waals surface area contributed by atoms with Crippen molar-refractivity contribution in [1.82, 2.24) is 29.8 Å². The molecule has 1 aliphatic carbocycles. The van der Waals surface area contributed by atoms with Gasteiger partial charge in [-0.3, -0.25) is 14.3 Å². The number of allylic oxidation sites excluding steroid dienone is 1. The van der Waals surface area contributed by atoms with Crippen LogP contribution in [0.3, 0.4) is 0 Å². The summed E-state index contributed by atoms with van der Waals surface area (Å²) in [4.78, 5) is 37.8. The molecule has 5 rings (SSSR count). The van der Waals surface area contributed by atoms with Gasteiger partial charge in [0.05, 0.1) is 6.33 Å². The molecule has 13 heteroatoms. The normalized spacial score (nSPS) is 25.6. The number of aliphatic hydroxyl groups is 2. The zero-order valence-electron chi connectivity index (χ0n) is 19.0. The van der Waals surface area contributed by atoms with E-state index in [0.717, 1.165) is 12.0 Å². The maximum absolute atomic E-state index is 12.2. The fourth-order valence-electron chi connectivity index (χ4n) is 4.49. The van der Waals surface area contributed by atoms with Crippen LogP contribution in [0.2, 0.25) is 0 Å². The summed E-state index contributed by atoms with van der Waals surface area (Å²) in [6, 6.07) is 0. The number of alkyl carbamates (subject to hydrolysis) is 1. The third kappa shape index (κ3) is 4.40. The van der Waals surface area contributed by atoms with Gasteiger partial charge in [-0.05, 0) is 29.9 Å². The number of anilines is 1. The van der Waals surface area contributed by atoms with Gasteiger partial charge in [0.1, 0.15) is 24.9 Å². The maximum Gasteiger partial charge on any atom is 0.407 e. The molecule has 2 aliphatic rings. The van der Waals surface area contributed by atoms with Gasteiger partial charge in [0.25, 0.3) is 5.56 Å². The minimum atomic E-state index is -1.37. The first kappa shape index (κ1) is 23.1. The second kappa shape index (κ2) is 9.17. The van der Waals surface area contributed by atoms with E-state index in [1.165, 1.54) is 22.2 Å². The van der Waals surface area contributed by atoms with Crippen molar-refractivity contribution in [2.45, 2.75) is 44.3 Å². The molecule has 1 fully saturated rings. The Morgan fingerprint density at radius 2 is 2.23 bits per heavy atom. The fourth-order valence-corrected chi connectivity index (χ4v) is 4.49. The lowest BCUT2D eigenvalue weighted by Crippen LogP contribution is -2.36. The first-order valence-electron chi connectivity index (χ1n) is 11.3. The van der Waals surface area contributed by atoms with Crippen LogP contribution < -0.4 is 16.6 Å². The zero-order valence-corrected chi connectivity index (χ0v) is 19.0. The largest absolute Gasteiger partial charge is 0.447 e. The number of aromatic amines is 2. The number of rotatable bonds is 6. The molecule has 7 N–H and O–H groups in total. The third-order valence-corrected chi connectivity index (χ3v) is 6.31. The number of hydrogen-bond acceptors (Lipinski definition) is 9. The number of fused-ring (bicyclic) bond motifs is 2. The number of nitrogens with one attached hydrogen (secondary N) is 3. The molecule has 5 atom stereocenters. The van der Waals surface area contributed by atoms with Crippen molar-refractivity contribution in [3.63, 3.8) is 0 Å². The first-order valence-corrected chi connectivity index (χ1v) is 11.3. The van der Waals surface area contributed by atoms with Crippen LogP contribution in [0.5, 0.6) is 0 Å². The van der Waals surface area contributed by atoms with E-state index in [2.05, 4.69) is 44.3 Å². The van der Waals surface area contributed by atoms with Gasteiger partial charge in [-0.15, -0.1) is 0 Å². The van der Waals surface area contributed by atoms with E-state index < -0.39 is 36.2 Å². The van der Waals surface area contributed by atoms with Crippen molar-refractivity contribution in [1.29, 1.82) is 0 Å². The second-order valence-corrected chi connectivity index (χ2v) is 8.84. The predicted molar refractivity (Wildman–Crippen MR) is 124 cm³/mol. The Balaban J connectivity index is 1.15.